The molecule has 0 aliphatic rings. The number of hydrogen-bond acceptors (Lipinski definition) is 4. The number of pyridine rings is 1. The van der Waals surface area contributed by atoms with Crippen LogP contribution in [0.1, 0.15) is 44.2 Å². The van der Waals surface area contributed by atoms with Crippen molar-refractivity contribution in [1.29, 1.82) is 0 Å². The van der Waals surface area contributed by atoms with E-state index in [2.05, 4.69) is 29.0 Å². The van der Waals surface area contributed by atoms with Crippen molar-refractivity contribution in [3.05, 3.63) is 29.9 Å². The van der Waals surface area contributed by atoms with Crippen molar-refractivity contribution in [2.45, 2.75) is 39.5 Å². The average Bonchev–Trinajstić information content (AvgIpc) is 2.79. The highest BCUT2D eigenvalue weighted by Gasteiger charge is 2.15. The van der Waals surface area contributed by atoms with Gasteiger partial charge in [0.1, 0.15) is 0 Å². The summed E-state index contributed by atoms with van der Waals surface area (Å²) in [5.41, 5.74) is 1.86. The number of nitrogens with zero attached hydrogens (tertiary/aromatic N) is 3. The Morgan fingerprint density at radius 2 is 2.24 bits per heavy atom. The van der Waals surface area contributed by atoms with Gasteiger partial charge in [-0.05, 0) is 25.5 Å². The van der Waals surface area contributed by atoms with Gasteiger partial charge < -0.3 is 4.52 Å². The Hall–Kier alpha value is -1.71. The van der Waals surface area contributed by atoms with Gasteiger partial charge >= 0.3 is 0 Å². The van der Waals surface area contributed by atoms with Crippen molar-refractivity contribution < 1.29 is 4.52 Å². The summed E-state index contributed by atoms with van der Waals surface area (Å²) in [6, 6.07) is 3.84. The minimum absolute atomic E-state index is 0.318. The lowest BCUT2D eigenvalue weighted by Gasteiger charge is -2.02. The molecule has 2 rings (SSSR count). The van der Waals surface area contributed by atoms with Gasteiger partial charge in [0.15, 0.2) is 0 Å². The van der Waals surface area contributed by atoms with Crippen LogP contribution in [0.15, 0.2) is 22.9 Å². The molecule has 90 valence electrons. The van der Waals surface area contributed by atoms with Crippen LogP contribution in [-0.4, -0.2) is 15.1 Å². The highest BCUT2D eigenvalue weighted by molar-refractivity contribution is 5.56. The first-order chi connectivity index (χ1) is 8.22. The quantitative estimate of drug-likeness (QED) is 0.809. The normalized spacial score (nSPS) is 12.6. The lowest BCUT2D eigenvalue weighted by Crippen LogP contribution is -1.93. The highest BCUT2D eigenvalue weighted by Crippen LogP contribution is 2.23. The molecule has 0 aliphatic heterocycles. The lowest BCUT2D eigenvalue weighted by molar-refractivity contribution is 0.353. The number of aryl methyl sites for hydroxylation is 1. The maximum Gasteiger partial charge on any atom is 0.229 e. The van der Waals surface area contributed by atoms with E-state index in [1.165, 1.54) is 0 Å². The summed E-state index contributed by atoms with van der Waals surface area (Å²) in [7, 11) is 0. The van der Waals surface area contributed by atoms with E-state index in [1.54, 1.807) is 6.20 Å². The zero-order chi connectivity index (χ0) is 12.3. The fraction of sp³-hybridized carbons (Fsp3) is 0.462. The van der Waals surface area contributed by atoms with Crippen LogP contribution in [0, 0.1) is 6.92 Å². The number of hydrogen-bond donors (Lipinski definition) is 0. The van der Waals surface area contributed by atoms with E-state index >= 15 is 0 Å². The van der Waals surface area contributed by atoms with E-state index in [9.17, 15) is 0 Å². The highest BCUT2D eigenvalue weighted by atomic mass is 16.5. The fourth-order valence-corrected chi connectivity index (χ4v) is 1.82. The Morgan fingerprint density at radius 1 is 1.41 bits per heavy atom. The second-order valence-corrected chi connectivity index (χ2v) is 4.28. The van der Waals surface area contributed by atoms with Crippen molar-refractivity contribution in [3.63, 3.8) is 0 Å². The van der Waals surface area contributed by atoms with Crippen LogP contribution in [0.25, 0.3) is 11.4 Å². The first-order valence-electron chi connectivity index (χ1n) is 5.98. The molecule has 4 heteroatoms. The lowest BCUT2D eigenvalue weighted by atomic mass is 10.1. The largest absolute Gasteiger partial charge is 0.339 e. The zero-order valence-corrected chi connectivity index (χ0v) is 10.5. The van der Waals surface area contributed by atoms with Gasteiger partial charge in [0.2, 0.25) is 11.7 Å². The van der Waals surface area contributed by atoms with Gasteiger partial charge in [-0.2, -0.15) is 4.98 Å². The second kappa shape index (κ2) is 5.08. The van der Waals surface area contributed by atoms with Gasteiger partial charge in [0.05, 0.1) is 0 Å². The molecule has 0 aliphatic carbocycles. The molecule has 0 amide bonds. The van der Waals surface area contributed by atoms with Gasteiger partial charge in [-0.3, -0.25) is 4.98 Å². The molecule has 0 saturated heterocycles. The first kappa shape index (κ1) is 11.8. The van der Waals surface area contributed by atoms with Crippen molar-refractivity contribution in [3.8, 4) is 11.4 Å². The van der Waals surface area contributed by atoms with Crippen LogP contribution in [-0.2, 0) is 0 Å². The van der Waals surface area contributed by atoms with Gasteiger partial charge in [0, 0.05) is 23.4 Å². The molecule has 2 aromatic heterocycles. The smallest absolute Gasteiger partial charge is 0.229 e. The fourth-order valence-electron chi connectivity index (χ4n) is 1.82. The Labute approximate surface area is 101 Å². The van der Waals surface area contributed by atoms with Crippen molar-refractivity contribution >= 4 is 0 Å². The molecule has 0 saturated carbocycles. The molecular formula is C13H17N3O. The molecule has 1 unspecified atom stereocenters. The van der Waals surface area contributed by atoms with Gasteiger partial charge in [-0.15, -0.1) is 0 Å². The molecule has 0 spiro atoms. The van der Waals surface area contributed by atoms with Crippen LogP contribution < -0.4 is 0 Å². The van der Waals surface area contributed by atoms with E-state index in [-0.39, 0.29) is 0 Å². The molecule has 0 aromatic carbocycles. The summed E-state index contributed by atoms with van der Waals surface area (Å²) in [4.78, 5) is 8.67. The Bertz CT molecular complexity index is 493. The topological polar surface area (TPSA) is 51.8 Å². The third-order valence-corrected chi connectivity index (χ3v) is 2.83. The average molecular weight is 231 g/mol. The molecule has 0 bridgehead atoms. The maximum atomic E-state index is 5.30. The zero-order valence-electron chi connectivity index (χ0n) is 10.5. The Balaban J connectivity index is 2.27. The Morgan fingerprint density at radius 3 is 2.94 bits per heavy atom. The predicted octanol–water partition coefficient (Wildman–Crippen LogP) is 3.34. The first-order valence-corrected chi connectivity index (χ1v) is 5.98. The summed E-state index contributed by atoms with van der Waals surface area (Å²) in [5, 5.41) is 4.02. The van der Waals surface area contributed by atoms with Crippen molar-refractivity contribution in [2.75, 3.05) is 0 Å². The van der Waals surface area contributed by atoms with Crippen LogP contribution in [0.2, 0.25) is 0 Å². The molecule has 17 heavy (non-hydrogen) atoms. The standard InChI is InChI=1S/C13H17N3O/c1-4-6-9(2)13-15-12(16-17-13)11-7-5-8-14-10(11)3/h5,7-9H,4,6H2,1-3H3. The minimum Gasteiger partial charge on any atom is -0.339 e. The molecule has 4 nitrogen and oxygen atoms in total. The summed E-state index contributed by atoms with van der Waals surface area (Å²) in [5.74, 6) is 1.66. The number of rotatable bonds is 4. The minimum atomic E-state index is 0.318. The van der Waals surface area contributed by atoms with E-state index in [4.69, 9.17) is 4.52 Å². The molecule has 0 fully saturated rings. The summed E-state index contributed by atoms with van der Waals surface area (Å²) in [6.45, 7) is 6.21. The molecule has 0 N–H and O–H groups in total. The predicted molar refractivity (Wildman–Crippen MR) is 65.6 cm³/mol. The van der Waals surface area contributed by atoms with Crippen LogP contribution in [0.5, 0.6) is 0 Å². The molecule has 0 radical (unpaired) electrons. The summed E-state index contributed by atoms with van der Waals surface area (Å²) in [6.07, 6.45) is 3.94. The van der Waals surface area contributed by atoms with E-state index in [0.717, 1.165) is 24.1 Å². The molecule has 1 atom stereocenters. The molecule has 2 heterocycles. The third kappa shape index (κ3) is 2.52. The van der Waals surface area contributed by atoms with Gasteiger partial charge in [0.25, 0.3) is 0 Å². The number of aromatic nitrogens is 3. The SMILES string of the molecule is CCCC(C)c1nc(-c2cccnc2C)no1. The summed E-state index contributed by atoms with van der Waals surface area (Å²) < 4.78 is 5.30. The van der Waals surface area contributed by atoms with Gasteiger partial charge in [-0.1, -0.05) is 25.4 Å². The van der Waals surface area contributed by atoms with Crippen molar-refractivity contribution in [1.82, 2.24) is 15.1 Å². The molecule has 2 aromatic rings. The van der Waals surface area contributed by atoms with Crippen LogP contribution in [0.3, 0.4) is 0 Å². The van der Waals surface area contributed by atoms with E-state index in [0.29, 0.717) is 17.6 Å². The van der Waals surface area contributed by atoms with E-state index < -0.39 is 0 Å². The summed E-state index contributed by atoms with van der Waals surface area (Å²) >= 11 is 0. The Kier molecular flexibility index (Phi) is 3.52. The van der Waals surface area contributed by atoms with Gasteiger partial charge in [-0.25, -0.2) is 0 Å². The monoisotopic (exact) mass is 231 g/mol. The van der Waals surface area contributed by atoms with Crippen LogP contribution in [0.4, 0.5) is 0 Å². The maximum absolute atomic E-state index is 5.30. The second-order valence-electron chi connectivity index (χ2n) is 4.28. The third-order valence-electron chi connectivity index (χ3n) is 2.83. The molecular weight excluding hydrogens is 214 g/mol. The van der Waals surface area contributed by atoms with Crippen LogP contribution >= 0.6 is 0 Å². The van der Waals surface area contributed by atoms with Crippen molar-refractivity contribution in [2.24, 2.45) is 0 Å². The van der Waals surface area contributed by atoms with E-state index in [1.807, 2.05) is 19.1 Å².